The Kier molecular flexibility index (Phi) is 8.84. The maximum atomic E-state index is 13.8. The molecule has 0 spiro atoms. The van der Waals surface area contributed by atoms with E-state index in [0.717, 1.165) is 76.2 Å². The van der Waals surface area contributed by atoms with Gasteiger partial charge in [-0.15, -0.1) is 0 Å². The van der Waals surface area contributed by atoms with Crippen molar-refractivity contribution >= 4 is 11.7 Å². The van der Waals surface area contributed by atoms with Gasteiger partial charge in [-0.2, -0.15) is 0 Å². The van der Waals surface area contributed by atoms with Crippen LogP contribution in [0.2, 0.25) is 0 Å². The molecule has 2 saturated heterocycles. The molecule has 1 amide bonds. The fourth-order valence-corrected chi connectivity index (χ4v) is 7.85. The average molecular weight is 567 g/mol. The molecule has 9 nitrogen and oxygen atoms in total. The van der Waals surface area contributed by atoms with E-state index < -0.39 is 0 Å². The summed E-state index contributed by atoms with van der Waals surface area (Å²) < 4.78 is 17.7. The third-order valence-electron chi connectivity index (χ3n) is 9.97. The molecule has 0 radical (unpaired) electrons. The minimum atomic E-state index is -0.210. The molecule has 5 aliphatic rings. The Labute approximate surface area is 243 Å². The number of hydrogen-bond donors (Lipinski definition) is 2. The number of hydrogen-bond acceptors (Lipinski definition) is 8. The number of nitrogens with one attached hydrogen (secondary N) is 2. The maximum absolute atomic E-state index is 13.8. The van der Waals surface area contributed by atoms with E-state index in [9.17, 15) is 9.59 Å². The van der Waals surface area contributed by atoms with Gasteiger partial charge in [0.25, 0.3) is 5.91 Å². The van der Waals surface area contributed by atoms with Crippen molar-refractivity contribution in [1.29, 1.82) is 0 Å². The molecule has 6 unspecified atom stereocenters. The number of carbonyl (C=O) groups excluding carboxylic acids is 2. The summed E-state index contributed by atoms with van der Waals surface area (Å²) in [7, 11) is 3.31. The summed E-state index contributed by atoms with van der Waals surface area (Å²) in [6.45, 7) is 4.44. The summed E-state index contributed by atoms with van der Waals surface area (Å²) in [6.07, 6.45) is 11.3. The van der Waals surface area contributed by atoms with Gasteiger partial charge in [0.05, 0.1) is 44.1 Å². The van der Waals surface area contributed by atoms with E-state index in [2.05, 4.69) is 26.5 Å². The van der Waals surface area contributed by atoms with Crippen LogP contribution in [-0.4, -0.2) is 98.8 Å². The summed E-state index contributed by atoms with van der Waals surface area (Å²) >= 11 is 0. The SMILES string of the molecule is COc1ccc(CCNC2CCC3C(=O)C(C(=O)NCCN4CCCC4)=CN4C5CCCCC5OC2C34)cc1OC. The molecule has 2 N–H and O–H groups in total. The average Bonchev–Trinajstić information content (AvgIpc) is 3.52. The van der Waals surface area contributed by atoms with E-state index in [1.54, 1.807) is 14.2 Å². The van der Waals surface area contributed by atoms with Gasteiger partial charge in [-0.3, -0.25) is 9.59 Å². The van der Waals surface area contributed by atoms with Crippen molar-refractivity contribution in [3.05, 3.63) is 35.5 Å². The number of fused-ring (bicyclic) bond motifs is 2. The zero-order chi connectivity index (χ0) is 28.3. The maximum Gasteiger partial charge on any atom is 0.256 e. The van der Waals surface area contributed by atoms with Crippen molar-refractivity contribution in [2.75, 3.05) is 46.9 Å². The van der Waals surface area contributed by atoms with Crippen LogP contribution in [0.3, 0.4) is 0 Å². The van der Waals surface area contributed by atoms with Crippen molar-refractivity contribution in [3.8, 4) is 11.5 Å². The third-order valence-corrected chi connectivity index (χ3v) is 9.97. The molecule has 9 heteroatoms. The molecule has 224 valence electrons. The lowest BCUT2D eigenvalue weighted by Gasteiger charge is -2.58. The Balaban J connectivity index is 1.15. The Morgan fingerprint density at radius 1 is 1.00 bits per heavy atom. The van der Waals surface area contributed by atoms with Gasteiger partial charge in [-0.1, -0.05) is 18.9 Å². The van der Waals surface area contributed by atoms with Gasteiger partial charge in [0.15, 0.2) is 17.3 Å². The second kappa shape index (κ2) is 12.7. The smallest absolute Gasteiger partial charge is 0.256 e. The van der Waals surface area contributed by atoms with Crippen LogP contribution in [0.25, 0.3) is 0 Å². The zero-order valence-corrected chi connectivity index (χ0v) is 24.6. The lowest BCUT2D eigenvalue weighted by Crippen LogP contribution is -2.70. The van der Waals surface area contributed by atoms with Crippen molar-refractivity contribution < 1.29 is 23.8 Å². The lowest BCUT2D eigenvalue weighted by molar-refractivity contribution is -0.188. The van der Waals surface area contributed by atoms with Crippen molar-refractivity contribution in [3.63, 3.8) is 0 Å². The quantitative estimate of drug-likeness (QED) is 0.418. The number of morpholine rings is 1. The van der Waals surface area contributed by atoms with E-state index >= 15 is 0 Å². The largest absolute Gasteiger partial charge is 0.493 e. The van der Waals surface area contributed by atoms with Gasteiger partial charge >= 0.3 is 0 Å². The fraction of sp³-hybridized carbons (Fsp3) is 0.688. The lowest BCUT2D eigenvalue weighted by atomic mass is 9.70. The molecule has 41 heavy (non-hydrogen) atoms. The molecule has 1 aromatic carbocycles. The molecule has 2 aliphatic carbocycles. The van der Waals surface area contributed by atoms with Crippen LogP contribution in [-0.2, 0) is 20.7 Å². The van der Waals surface area contributed by atoms with Crippen LogP contribution >= 0.6 is 0 Å². The molecular weight excluding hydrogens is 520 g/mol. The summed E-state index contributed by atoms with van der Waals surface area (Å²) in [5.41, 5.74) is 1.52. The van der Waals surface area contributed by atoms with Crippen molar-refractivity contribution in [2.45, 2.75) is 88.1 Å². The van der Waals surface area contributed by atoms with Crippen LogP contribution in [0.5, 0.6) is 11.5 Å². The first kappa shape index (κ1) is 28.5. The number of methoxy groups -OCH3 is 2. The minimum absolute atomic E-state index is 0.00319. The Bertz CT molecular complexity index is 1140. The monoisotopic (exact) mass is 566 g/mol. The highest BCUT2D eigenvalue weighted by molar-refractivity contribution is 6.20. The highest BCUT2D eigenvalue weighted by atomic mass is 16.5. The third kappa shape index (κ3) is 5.86. The Hall–Kier alpha value is -2.62. The number of nitrogens with zero attached hydrogens (tertiary/aromatic N) is 2. The molecule has 6 rings (SSSR count). The van der Waals surface area contributed by atoms with Crippen molar-refractivity contribution in [2.24, 2.45) is 5.92 Å². The number of benzene rings is 1. The number of ketones is 1. The highest BCUT2D eigenvalue weighted by Crippen LogP contribution is 2.44. The van der Waals surface area contributed by atoms with Gasteiger partial charge in [0.2, 0.25) is 0 Å². The van der Waals surface area contributed by atoms with E-state index in [0.29, 0.717) is 12.1 Å². The van der Waals surface area contributed by atoms with Crippen LogP contribution in [0.4, 0.5) is 0 Å². The molecule has 1 aromatic rings. The van der Waals surface area contributed by atoms with Crippen LogP contribution in [0, 0.1) is 5.92 Å². The Morgan fingerprint density at radius 3 is 2.61 bits per heavy atom. The number of amides is 1. The predicted octanol–water partition coefficient (Wildman–Crippen LogP) is 2.67. The van der Waals surface area contributed by atoms with Crippen LogP contribution in [0.15, 0.2) is 30.0 Å². The summed E-state index contributed by atoms with van der Waals surface area (Å²) in [4.78, 5) is 31.8. The number of Topliss-reactive ketones (excluding diaryl/α,β-unsaturated/α-hetero) is 1. The topological polar surface area (TPSA) is 92.4 Å². The Morgan fingerprint density at radius 2 is 1.80 bits per heavy atom. The van der Waals surface area contributed by atoms with Gasteiger partial charge < -0.3 is 34.6 Å². The standard InChI is InChI=1S/C32H46N4O5/c1-39-27-12-9-21(19-28(27)40-2)13-14-33-24-11-10-22-29-31(24)41-26-8-4-3-7-25(26)36(29)20-23(30(22)37)32(38)34-15-18-35-16-5-6-17-35/h9,12,19-20,22,24-26,29,31,33H,3-8,10-11,13-18H2,1-2H3,(H,34,38). The summed E-state index contributed by atoms with van der Waals surface area (Å²) in [5, 5.41) is 6.85. The zero-order valence-electron chi connectivity index (χ0n) is 24.6. The van der Waals surface area contributed by atoms with E-state index in [4.69, 9.17) is 14.2 Å². The number of ether oxygens (including phenoxy) is 3. The van der Waals surface area contributed by atoms with Crippen LogP contribution < -0.4 is 20.1 Å². The van der Waals surface area contributed by atoms with E-state index in [1.165, 1.54) is 24.8 Å². The van der Waals surface area contributed by atoms with Gasteiger partial charge in [0.1, 0.15) is 0 Å². The van der Waals surface area contributed by atoms with Crippen molar-refractivity contribution in [1.82, 2.24) is 20.4 Å². The minimum Gasteiger partial charge on any atom is -0.493 e. The first-order chi connectivity index (χ1) is 20.1. The van der Waals surface area contributed by atoms with E-state index in [-0.39, 0.29) is 47.9 Å². The van der Waals surface area contributed by atoms with Gasteiger partial charge in [-0.05, 0) is 82.3 Å². The van der Waals surface area contributed by atoms with E-state index in [1.807, 2.05) is 18.3 Å². The fourth-order valence-electron chi connectivity index (χ4n) is 7.85. The molecule has 0 bridgehead atoms. The molecule has 0 aromatic heterocycles. The molecular formula is C32H46N4O5. The molecule has 3 aliphatic heterocycles. The van der Waals surface area contributed by atoms with Crippen LogP contribution in [0.1, 0.15) is 56.9 Å². The number of carbonyl (C=O) groups is 2. The normalized spacial score (nSPS) is 31.2. The molecule has 2 saturated carbocycles. The number of rotatable bonds is 10. The second-order valence-corrected chi connectivity index (χ2v) is 12.3. The van der Waals surface area contributed by atoms with Gasteiger partial charge in [-0.25, -0.2) is 0 Å². The molecule has 4 fully saturated rings. The predicted molar refractivity (Wildman–Crippen MR) is 156 cm³/mol. The molecule has 6 atom stereocenters. The first-order valence-electron chi connectivity index (χ1n) is 15.7. The summed E-state index contributed by atoms with van der Waals surface area (Å²) in [5.74, 6) is 1.06. The highest BCUT2D eigenvalue weighted by Gasteiger charge is 2.55. The summed E-state index contributed by atoms with van der Waals surface area (Å²) in [6, 6.07) is 6.44. The first-order valence-corrected chi connectivity index (χ1v) is 15.7. The molecule has 3 heterocycles. The van der Waals surface area contributed by atoms with Gasteiger partial charge in [0, 0.05) is 31.2 Å². The number of likely N-dealkylation sites (tertiary alicyclic amines) is 1. The second-order valence-electron chi connectivity index (χ2n) is 12.3.